The number of ether oxygens (including phenoxy) is 1. The number of hydrogen-bond donors (Lipinski definition) is 1. The van der Waals surface area contributed by atoms with Gasteiger partial charge in [-0.2, -0.15) is 5.26 Å². The van der Waals surface area contributed by atoms with E-state index in [9.17, 15) is 20.0 Å². The molecule has 0 aliphatic rings. The first-order chi connectivity index (χ1) is 13.4. The van der Waals surface area contributed by atoms with E-state index in [0.717, 1.165) is 17.4 Å². The Morgan fingerprint density at radius 3 is 2.61 bits per heavy atom. The molecule has 28 heavy (non-hydrogen) atoms. The smallest absolute Gasteiger partial charge is 0.271 e. The Bertz CT molecular complexity index is 970. The van der Waals surface area contributed by atoms with E-state index in [2.05, 4.69) is 0 Å². The second kappa shape index (κ2) is 9.23. The molecule has 1 unspecified atom stereocenters. The largest absolute Gasteiger partial charge is 0.494 e. The second-order valence-corrected chi connectivity index (χ2v) is 6.77. The van der Waals surface area contributed by atoms with Crippen molar-refractivity contribution in [1.29, 1.82) is 5.26 Å². The van der Waals surface area contributed by atoms with Gasteiger partial charge in [0.2, 0.25) is 11.7 Å². The van der Waals surface area contributed by atoms with Crippen LogP contribution in [0.4, 0.5) is 0 Å². The molecule has 6 nitrogen and oxygen atoms in total. The fourth-order valence-corrected chi connectivity index (χ4v) is 3.03. The van der Waals surface area contributed by atoms with Crippen LogP contribution >= 0.6 is 0 Å². The Morgan fingerprint density at radius 1 is 1.32 bits per heavy atom. The molecule has 0 fully saturated rings. The summed E-state index contributed by atoms with van der Waals surface area (Å²) >= 11 is 0. The normalized spacial score (nSPS) is 11.7. The first-order valence-electron chi connectivity index (χ1n) is 9.53. The van der Waals surface area contributed by atoms with Crippen LogP contribution in [0, 0.1) is 18.3 Å². The summed E-state index contributed by atoms with van der Waals surface area (Å²) in [7, 11) is 0. The monoisotopic (exact) mass is 382 g/mol. The average Bonchev–Trinajstić information content (AvgIpc) is 2.68. The number of carbonyl (C=O) groups is 1. The number of benzene rings is 1. The molecule has 0 spiro atoms. The Kier molecular flexibility index (Phi) is 7.00. The minimum atomic E-state index is -0.587. The molecule has 0 radical (unpaired) electrons. The molecular formula is C22H26N2O4. The zero-order valence-corrected chi connectivity index (χ0v) is 16.8. The maximum Gasteiger partial charge on any atom is 0.271 e. The molecule has 2 rings (SSSR count). The van der Waals surface area contributed by atoms with Crippen LogP contribution in [-0.4, -0.2) is 22.1 Å². The number of unbranched alkanes of at least 4 members (excludes halogenated alkanes) is 1. The molecule has 6 heteroatoms. The Labute approximate surface area is 165 Å². The van der Waals surface area contributed by atoms with Gasteiger partial charge in [-0.15, -0.1) is 0 Å². The minimum absolute atomic E-state index is 0.0389. The number of aromatic nitrogens is 1. The predicted octanol–water partition coefficient (Wildman–Crippen LogP) is 4.11. The third-order valence-electron chi connectivity index (χ3n) is 4.89. The third-order valence-corrected chi connectivity index (χ3v) is 4.89. The van der Waals surface area contributed by atoms with E-state index in [-0.39, 0.29) is 28.3 Å². The predicted molar refractivity (Wildman–Crippen MR) is 107 cm³/mol. The molecule has 0 bridgehead atoms. The van der Waals surface area contributed by atoms with E-state index < -0.39 is 17.2 Å². The highest BCUT2D eigenvalue weighted by Gasteiger charge is 2.27. The van der Waals surface area contributed by atoms with E-state index in [1.807, 2.05) is 19.9 Å². The van der Waals surface area contributed by atoms with Crippen molar-refractivity contribution in [3.63, 3.8) is 0 Å². The van der Waals surface area contributed by atoms with Gasteiger partial charge < -0.3 is 9.84 Å². The van der Waals surface area contributed by atoms with Crippen LogP contribution in [0.1, 0.15) is 73.1 Å². The van der Waals surface area contributed by atoms with Crippen LogP contribution < -0.4 is 10.3 Å². The number of ketones is 1. The summed E-state index contributed by atoms with van der Waals surface area (Å²) < 4.78 is 6.87. The lowest BCUT2D eigenvalue weighted by atomic mass is 9.96. The summed E-state index contributed by atoms with van der Waals surface area (Å²) in [5.74, 6) is -0.473. The van der Waals surface area contributed by atoms with Crippen molar-refractivity contribution in [1.82, 2.24) is 4.57 Å². The summed E-state index contributed by atoms with van der Waals surface area (Å²) in [4.78, 5) is 26.0. The van der Waals surface area contributed by atoms with Crippen LogP contribution in [0.15, 0.2) is 29.1 Å². The van der Waals surface area contributed by atoms with Gasteiger partial charge in [0.25, 0.3) is 5.56 Å². The quantitative estimate of drug-likeness (QED) is 0.548. The molecule has 0 saturated carbocycles. The molecular weight excluding hydrogens is 356 g/mol. The highest BCUT2D eigenvalue weighted by atomic mass is 16.5. The van der Waals surface area contributed by atoms with Crippen molar-refractivity contribution in [2.24, 2.45) is 0 Å². The number of nitrogens with zero attached hydrogens (tertiary/aromatic N) is 2. The van der Waals surface area contributed by atoms with Gasteiger partial charge in [-0.25, -0.2) is 0 Å². The average molecular weight is 382 g/mol. The molecule has 1 N–H and O–H groups in total. The molecule has 1 aromatic heterocycles. The molecule has 1 atom stereocenters. The SMILES string of the molecule is CCCCOc1ccccc1C(=O)c1c(C)c(C#N)c(=O)n(C(C)CC)c1O. The number of aromatic hydroxyl groups is 1. The summed E-state index contributed by atoms with van der Waals surface area (Å²) in [6, 6.07) is 8.32. The van der Waals surface area contributed by atoms with Gasteiger partial charge in [0.15, 0.2) is 0 Å². The maximum absolute atomic E-state index is 13.3. The van der Waals surface area contributed by atoms with Crippen molar-refractivity contribution < 1.29 is 14.6 Å². The van der Waals surface area contributed by atoms with Crippen LogP contribution in [0.25, 0.3) is 0 Å². The van der Waals surface area contributed by atoms with E-state index in [4.69, 9.17) is 4.74 Å². The van der Waals surface area contributed by atoms with Gasteiger partial charge in [-0.3, -0.25) is 14.2 Å². The molecule has 0 amide bonds. The zero-order valence-electron chi connectivity index (χ0n) is 16.8. The summed E-state index contributed by atoms with van der Waals surface area (Å²) in [5.41, 5.74) is -0.294. The second-order valence-electron chi connectivity index (χ2n) is 6.77. The van der Waals surface area contributed by atoms with Crippen molar-refractivity contribution in [2.45, 2.75) is 53.0 Å². The van der Waals surface area contributed by atoms with E-state index in [0.29, 0.717) is 18.8 Å². The lowest BCUT2D eigenvalue weighted by Crippen LogP contribution is -2.28. The number of pyridine rings is 1. The highest BCUT2D eigenvalue weighted by molar-refractivity contribution is 6.13. The van der Waals surface area contributed by atoms with Crippen molar-refractivity contribution in [3.05, 3.63) is 56.9 Å². The van der Waals surface area contributed by atoms with Crippen LogP contribution in [0.5, 0.6) is 11.6 Å². The standard InChI is InChI=1S/C22H26N2O4/c1-5-7-12-28-18-11-9-8-10-16(18)20(25)19-15(4)17(13-23)21(26)24(22(19)27)14(3)6-2/h8-11,14,27H,5-7,12H2,1-4H3. The molecule has 0 aliphatic carbocycles. The van der Waals surface area contributed by atoms with Gasteiger partial charge in [0, 0.05) is 6.04 Å². The lowest BCUT2D eigenvalue weighted by Gasteiger charge is -2.20. The lowest BCUT2D eigenvalue weighted by molar-refractivity contribution is 0.102. The van der Waals surface area contributed by atoms with Crippen LogP contribution in [0.3, 0.4) is 0 Å². The molecule has 148 valence electrons. The number of carbonyl (C=O) groups excluding carboxylic acids is 1. The van der Waals surface area contributed by atoms with Crippen LogP contribution in [-0.2, 0) is 0 Å². The van der Waals surface area contributed by atoms with Gasteiger partial charge in [0.1, 0.15) is 17.4 Å². The summed E-state index contributed by atoms with van der Waals surface area (Å²) in [6.07, 6.45) is 2.37. The van der Waals surface area contributed by atoms with Gasteiger partial charge >= 0.3 is 0 Å². The fourth-order valence-electron chi connectivity index (χ4n) is 3.03. The first kappa shape index (κ1) is 21.2. The van der Waals surface area contributed by atoms with Crippen molar-refractivity contribution in [3.8, 4) is 17.7 Å². The maximum atomic E-state index is 13.3. The molecule has 2 aromatic rings. The van der Waals surface area contributed by atoms with Gasteiger partial charge in [0.05, 0.1) is 17.7 Å². The Hall–Kier alpha value is -3.07. The van der Waals surface area contributed by atoms with E-state index in [1.165, 1.54) is 6.92 Å². The van der Waals surface area contributed by atoms with E-state index >= 15 is 0 Å². The number of para-hydroxylation sites is 1. The number of rotatable bonds is 8. The topological polar surface area (TPSA) is 92.3 Å². The summed E-state index contributed by atoms with van der Waals surface area (Å²) in [6.45, 7) is 7.65. The molecule has 0 saturated heterocycles. The van der Waals surface area contributed by atoms with Crippen molar-refractivity contribution >= 4 is 5.78 Å². The molecule has 1 aromatic carbocycles. The molecule has 1 heterocycles. The molecule has 0 aliphatic heterocycles. The zero-order chi connectivity index (χ0) is 20.8. The Balaban J connectivity index is 2.68. The number of hydrogen-bond acceptors (Lipinski definition) is 5. The number of nitriles is 1. The van der Waals surface area contributed by atoms with Crippen LogP contribution in [0.2, 0.25) is 0 Å². The highest BCUT2D eigenvalue weighted by Crippen LogP contribution is 2.30. The minimum Gasteiger partial charge on any atom is -0.494 e. The third kappa shape index (κ3) is 3.94. The van der Waals surface area contributed by atoms with E-state index in [1.54, 1.807) is 31.2 Å². The van der Waals surface area contributed by atoms with Gasteiger partial charge in [-0.1, -0.05) is 32.4 Å². The van der Waals surface area contributed by atoms with Crippen molar-refractivity contribution in [2.75, 3.05) is 6.61 Å². The first-order valence-corrected chi connectivity index (χ1v) is 9.53. The Morgan fingerprint density at radius 2 is 2.00 bits per heavy atom. The summed E-state index contributed by atoms with van der Waals surface area (Å²) in [5, 5.41) is 20.3. The van der Waals surface area contributed by atoms with Gasteiger partial charge in [-0.05, 0) is 44.4 Å². The fraction of sp³-hybridized carbons (Fsp3) is 0.409.